The third-order valence-corrected chi connectivity index (χ3v) is 4.43. The monoisotopic (exact) mass is 439 g/mol. The molecule has 0 atom stereocenters. The van der Waals surface area contributed by atoms with E-state index >= 15 is 0 Å². The molecule has 0 saturated carbocycles. The van der Waals surface area contributed by atoms with Crippen molar-refractivity contribution in [2.75, 3.05) is 7.11 Å². The molecule has 0 aliphatic carbocycles. The SMILES string of the molecule is COc1cccc(/C=N/NC(=O)c2cccc([N+](=O)[O-])c2)c1OCc1cccc(Cl)c1. The number of halogens is 1. The van der Waals surface area contributed by atoms with Gasteiger partial charge in [0, 0.05) is 28.3 Å². The zero-order valence-corrected chi connectivity index (χ0v) is 17.2. The number of benzene rings is 3. The largest absolute Gasteiger partial charge is 0.493 e. The van der Waals surface area contributed by atoms with Gasteiger partial charge in [0.1, 0.15) is 6.61 Å². The van der Waals surface area contributed by atoms with E-state index in [2.05, 4.69) is 10.5 Å². The first-order valence-electron chi connectivity index (χ1n) is 9.10. The van der Waals surface area contributed by atoms with Crippen molar-refractivity contribution in [1.29, 1.82) is 0 Å². The van der Waals surface area contributed by atoms with Crippen molar-refractivity contribution in [2.24, 2.45) is 5.10 Å². The lowest BCUT2D eigenvalue weighted by atomic mass is 10.2. The van der Waals surface area contributed by atoms with Gasteiger partial charge in [0.15, 0.2) is 11.5 Å². The predicted octanol–water partition coefficient (Wildman–Crippen LogP) is 4.60. The van der Waals surface area contributed by atoms with Gasteiger partial charge < -0.3 is 9.47 Å². The third kappa shape index (κ3) is 5.80. The van der Waals surface area contributed by atoms with Crippen molar-refractivity contribution >= 4 is 29.4 Å². The van der Waals surface area contributed by atoms with Crippen molar-refractivity contribution in [2.45, 2.75) is 6.61 Å². The fourth-order valence-electron chi connectivity index (χ4n) is 2.72. The summed E-state index contributed by atoms with van der Waals surface area (Å²) in [4.78, 5) is 22.5. The Bertz CT molecular complexity index is 1130. The van der Waals surface area contributed by atoms with Gasteiger partial charge in [-0.2, -0.15) is 5.10 Å². The molecule has 3 rings (SSSR count). The molecule has 158 valence electrons. The summed E-state index contributed by atoms with van der Waals surface area (Å²) in [6.07, 6.45) is 1.41. The van der Waals surface area contributed by atoms with E-state index in [-0.39, 0.29) is 17.9 Å². The lowest BCUT2D eigenvalue weighted by Gasteiger charge is -2.13. The molecule has 3 aromatic carbocycles. The summed E-state index contributed by atoms with van der Waals surface area (Å²) >= 11 is 6.01. The first-order valence-corrected chi connectivity index (χ1v) is 9.48. The number of nitrogens with zero attached hydrogens (tertiary/aromatic N) is 2. The number of hydrogen-bond acceptors (Lipinski definition) is 6. The Labute approximate surface area is 183 Å². The number of nitro benzene ring substituents is 1. The molecular formula is C22H18ClN3O5. The standard InChI is InChI=1S/C22H18ClN3O5/c1-30-20-10-4-7-17(21(20)31-14-15-5-2-8-18(23)11-15)13-24-25-22(27)16-6-3-9-19(12-16)26(28)29/h2-13H,14H2,1H3,(H,25,27)/b24-13+. The average molecular weight is 440 g/mol. The van der Waals surface area contributed by atoms with Gasteiger partial charge in [-0.25, -0.2) is 5.43 Å². The van der Waals surface area contributed by atoms with E-state index in [1.165, 1.54) is 37.6 Å². The smallest absolute Gasteiger partial charge is 0.271 e. The Morgan fingerprint density at radius 3 is 2.68 bits per heavy atom. The molecule has 3 aromatic rings. The normalized spacial score (nSPS) is 10.6. The highest BCUT2D eigenvalue weighted by Gasteiger charge is 2.12. The summed E-state index contributed by atoms with van der Waals surface area (Å²) in [5.41, 5.74) is 3.74. The quantitative estimate of drug-likeness (QED) is 0.314. The fourth-order valence-corrected chi connectivity index (χ4v) is 2.93. The Hall–Kier alpha value is -3.91. The van der Waals surface area contributed by atoms with E-state index in [1.807, 2.05) is 12.1 Å². The Morgan fingerprint density at radius 2 is 1.94 bits per heavy atom. The first kappa shape index (κ1) is 21.8. The number of hydrazone groups is 1. The van der Waals surface area contributed by atoms with Crippen LogP contribution in [0.5, 0.6) is 11.5 Å². The van der Waals surface area contributed by atoms with Gasteiger partial charge >= 0.3 is 0 Å². The number of rotatable bonds is 8. The van der Waals surface area contributed by atoms with Gasteiger partial charge in [0.25, 0.3) is 11.6 Å². The molecule has 0 heterocycles. The maximum absolute atomic E-state index is 12.2. The van der Waals surface area contributed by atoms with Crippen LogP contribution in [-0.4, -0.2) is 24.2 Å². The minimum Gasteiger partial charge on any atom is -0.493 e. The number of carbonyl (C=O) groups excluding carboxylic acids is 1. The van der Waals surface area contributed by atoms with Crippen LogP contribution in [0.4, 0.5) is 5.69 Å². The van der Waals surface area contributed by atoms with E-state index in [1.54, 1.807) is 30.3 Å². The molecule has 8 nitrogen and oxygen atoms in total. The van der Waals surface area contributed by atoms with Gasteiger partial charge in [0.2, 0.25) is 0 Å². The molecule has 0 aliphatic rings. The zero-order valence-electron chi connectivity index (χ0n) is 16.4. The Kier molecular flexibility index (Phi) is 7.18. The molecule has 0 aliphatic heterocycles. The summed E-state index contributed by atoms with van der Waals surface area (Å²) in [6.45, 7) is 0.252. The van der Waals surface area contributed by atoms with Crippen LogP contribution in [0.3, 0.4) is 0 Å². The van der Waals surface area contributed by atoms with Crippen molar-refractivity contribution in [3.63, 3.8) is 0 Å². The molecule has 0 radical (unpaired) electrons. The summed E-state index contributed by atoms with van der Waals surface area (Å²) < 4.78 is 11.3. The topological polar surface area (TPSA) is 103 Å². The molecule has 0 fully saturated rings. The maximum Gasteiger partial charge on any atom is 0.271 e. The molecule has 0 spiro atoms. The zero-order chi connectivity index (χ0) is 22.2. The van der Waals surface area contributed by atoms with Crippen molar-refractivity contribution in [3.05, 3.63) is 98.6 Å². The van der Waals surface area contributed by atoms with Crippen molar-refractivity contribution in [3.8, 4) is 11.5 Å². The molecule has 1 N–H and O–H groups in total. The van der Waals surface area contributed by atoms with E-state index in [0.717, 1.165) is 5.56 Å². The van der Waals surface area contributed by atoms with Crippen LogP contribution in [0.15, 0.2) is 71.8 Å². The second-order valence-electron chi connectivity index (χ2n) is 6.30. The number of para-hydroxylation sites is 1. The maximum atomic E-state index is 12.2. The minimum atomic E-state index is -0.579. The molecule has 9 heteroatoms. The summed E-state index contributed by atoms with van der Waals surface area (Å²) in [7, 11) is 1.52. The highest BCUT2D eigenvalue weighted by molar-refractivity contribution is 6.30. The summed E-state index contributed by atoms with van der Waals surface area (Å²) in [5.74, 6) is 0.360. The van der Waals surface area contributed by atoms with Gasteiger partial charge in [-0.05, 0) is 35.9 Å². The van der Waals surface area contributed by atoms with Gasteiger partial charge in [-0.3, -0.25) is 14.9 Å². The molecule has 0 unspecified atom stereocenters. The molecule has 0 aromatic heterocycles. The van der Waals surface area contributed by atoms with Gasteiger partial charge in [-0.15, -0.1) is 0 Å². The lowest BCUT2D eigenvalue weighted by Crippen LogP contribution is -2.17. The van der Waals surface area contributed by atoms with E-state index in [0.29, 0.717) is 22.1 Å². The van der Waals surface area contributed by atoms with E-state index in [9.17, 15) is 14.9 Å². The van der Waals surface area contributed by atoms with Crippen LogP contribution in [-0.2, 0) is 6.61 Å². The van der Waals surface area contributed by atoms with Crippen LogP contribution in [0.25, 0.3) is 0 Å². The number of nitro groups is 1. The first-order chi connectivity index (χ1) is 15.0. The molecule has 31 heavy (non-hydrogen) atoms. The van der Waals surface area contributed by atoms with Crippen LogP contribution in [0.2, 0.25) is 5.02 Å². The Balaban J connectivity index is 1.74. The minimum absolute atomic E-state index is 0.120. The number of non-ortho nitro benzene ring substituents is 1. The number of ether oxygens (including phenoxy) is 2. The van der Waals surface area contributed by atoms with E-state index in [4.69, 9.17) is 21.1 Å². The Morgan fingerprint density at radius 1 is 1.16 bits per heavy atom. The van der Waals surface area contributed by atoms with Gasteiger partial charge in [0.05, 0.1) is 18.2 Å². The van der Waals surface area contributed by atoms with Crippen LogP contribution >= 0.6 is 11.6 Å². The molecule has 0 bridgehead atoms. The highest BCUT2D eigenvalue weighted by Crippen LogP contribution is 2.31. The number of carbonyl (C=O) groups is 1. The second kappa shape index (κ2) is 10.2. The lowest BCUT2D eigenvalue weighted by molar-refractivity contribution is -0.384. The van der Waals surface area contributed by atoms with Crippen molar-refractivity contribution < 1.29 is 19.2 Å². The summed E-state index contributed by atoms with van der Waals surface area (Å²) in [6, 6.07) is 17.9. The van der Waals surface area contributed by atoms with Crippen LogP contribution in [0, 0.1) is 10.1 Å². The van der Waals surface area contributed by atoms with Crippen LogP contribution in [0.1, 0.15) is 21.5 Å². The van der Waals surface area contributed by atoms with Gasteiger partial charge in [-0.1, -0.05) is 35.9 Å². The van der Waals surface area contributed by atoms with Crippen molar-refractivity contribution in [1.82, 2.24) is 5.43 Å². The molecule has 0 saturated heterocycles. The van der Waals surface area contributed by atoms with Crippen LogP contribution < -0.4 is 14.9 Å². The average Bonchev–Trinajstić information content (AvgIpc) is 2.78. The predicted molar refractivity (Wildman–Crippen MR) is 117 cm³/mol. The third-order valence-electron chi connectivity index (χ3n) is 4.19. The molecule has 1 amide bonds. The molecular weight excluding hydrogens is 422 g/mol. The second-order valence-corrected chi connectivity index (χ2v) is 6.74. The summed E-state index contributed by atoms with van der Waals surface area (Å²) in [5, 5.41) is 15.4. The highest BCUT2D eigenvalue weighted by atomic mass is 35.5. The fraction of sp³-hybridized carbons (Fsp3) is 0.0909. The number of hydrogen-bond donors (Lipinski definition) is 1. The number of amides is 1. The number of nitrogens with one attached hydrogen (secondary N) is 1. The van der Waals surface area contributed by atoms with E-state index < -0.39 is 10.8 Å². The number of methoxy groups -OCH3 is 1.